The summed E-state index contributed by atoms with van der Waals surface area (Å²) in [6.07, 6.45) is 6.64. The molecular formula is C16H25N3O. The first-order valence-electron chi connectivity index (χ1n) is 7.81. The Morgan fingerprint density at radius 2 is 1.95 bits per heavy atom. The van der Waals surface area contributed by atoms with E-state index >= 15 is 0 Å². The molecule has 2 aliphatic rings. The maximum Gasteiger partial charge on any atom is 0.0912 e. The second-order valence-corrected chi connectivity index (χ2v) is 6.34. The van der Waals surface area contributed by atoms with Gasteiger partial charge < -0.3 is 10.0 Å². The number of piperidine rings is 1. The van der Waals surface area contributed by atoms with Gasteiger partial charge in [-0.1, -0.05) is 12.5 Å². The predicted octanol–water partition coefficient (Wildman–Crippen LogP) is 1.50. The molecule has 0 saturated carbocycles. The molecule has 0 spiro atoms. The summed E-state index contributed by atoms with van der Waals surface area (Å²) in [5.74, 6) is 0. The van der Waals surface area contributed by atoms with E-state index < -0.39 is 5.60 Å². The number of aliphatic hydroxyl groups is 1. The van der Waals surface area contributed by atoms with Crippen LogP contribution in [0.5, 0.6) is 0 Å². The maximum absolute atomic E-state index is 10.8. The summed E-state index contributed by atoms with van der Waals surface area (Å²) in [5, 5.41) is 10.8. The number of nitrogens with zero attached hydrogens (tertiary/aromatic N) is 3. The highest BCUT2D eigenvalue weighted by Gasteiger charge is 2.37. The molecule has 4 heteroatoms. The van der Waals surface area contributed by atoms with Crippen molar-refractivity contribution in [1.82, 2.24) is 14.8 Å². The molecule has 20 heavy (non-hydrogen) atoms. The van der Waals surface area contributed by atoms with Crippen LogP contribution in [0.3, 0.4) is 0 Å². The van der Waals surface area contributed by atoms with E-state index in [4.69, 9.17) is 0 Å². The minimum absolute atomic E-state index is 0.522. The standard InChI is InChI=1S/C16H25N3O/c20-16(13-18-9-4-1-5-10-18)7-11-19(14-16)12-15-6-2-3-8-17-15/h2-3,6,8,20H,1,4-5,7,9-14H2. The van der Waals surface area contributed by atoms with Gasteiger partial charge in [0.15, 0.2) is 0 Å². The fourth-order valence-electron chi connectivity index (χ4n) is 3.46. The summed E-state index contributed by atoms with van der Waals surface area (Å²) < 4.78 is 0. The number of rotatable bonds is 4. The van der Waals surface area contributed by atoms with Crippen LogP contribution in [-0.2, 0) is 6.54 Å². The first kappa shape index (κ1) is 14.0. The number of β-amino-alcohol motifs (C(OH)–C–C–N with tert-alkyl or cyclic N) is 1. The number of likely N-dealkylation sites (tertiary alicyclic amines) is 2. The molecule has 0 aromatic carbocycles. The SMILES string of the molecule is OC1(CN2CCCCC2)CCN(Cc2ccccn2)C1. The highest BCUT2D eigenvalue weighted by atomic mass is 16.3. The number of hydrogen-bond donors (Lipinski definition) is 1. The number of aromatic nitrogens is 1. The Kier molecular flexibility index (Phi) is 4.34. The highest BCUT2D eigenvalue weighted by Crippen LogP contribution is 2.25. The predicted molar refractivity (Wildman–Crippen MR) is 79.4 cm³/mol. The molecule has 3 heterocycles. The molecule has 2 aliphatic heterocycles. The zero-order chi connectivity index (χ0) is 13.8. The Morgan fingerprint density at radius 3 is 2.70 bits per heavy atom. The van der Waals surface area contributed by atoms with Crippen LogP contribution in [0.25, 0.3) is 0 Å². The third-order valence-electron chi connectivity index (χ3n) is 4.49. The Hall–Kier alpha value is -0.970. The lowest BCUT2D eigenvalue weighted by Crippen LogP contribution is -2.46. The van der Waals surface area contributed by atoms with Crippen molar-refractivity contribution in [3.05, 3.63) is 30.1 Å². The van der Waals surface area contributed by atoms with Gasteiger partial charge in [-0.2, -0.15) is 0 Å². The lowest BCUT2D eigenvalue weighted by atomic mass is 10.0. The van der Waals surface area contributed by atoms with Gasteiger partial charge in [-0.3, -0.25) is 9.88 Å². The monoisotopic (exact) mass is 275 g/mol. The first-order valence-corrected chi connectivity index (χ1v) is 7.81. The van der Waals surface area contributed by atoms with Crippen LogP contribution in [0, 0.1) is 0 Å². The zero-order valence-electron chi connectivity index (χ0n) is 12.2. The van der Waals surface area contributed by atoms with Gasteiger partial charge in [-0.05, 0) is 44.5 Å². The van der Waals surface area contributed by atoms with E-state index in [9.17, 15) is 5.11 Å². The lowest BCUT2D eigenvalue weighted by molar-refractivity contribution is 0.00627. The number of hydrogen-bond acceptors (Lipinski definition) is 4. The van der Waals surface area contributed by atoms with Crippen molar-refractivity contribution in [3.8, 4) is 0 Å². The van der Waals surface area contributed by atoms with Gasteiger partial charge >= 0.3 is 0 Å². The molecule has 3 rings (SSSR count). The largest absolute Gasteiger partial charge is 0.387 e. The summed E-state index contributed by atoms with van der Waals surface area (Å²) in [6, 6.07) is 6.03. The van der Waals surface area contributed by atoms with Crippen LogP contribution in [0.15, 0.2) is 24.4 Å². The average Bonchev–Trinajstić information content (AvgIpc) is 2.82. The quantitative estimate of drug-likeness (QED) is 0.904. The maximum atomic E-state index is 10.8. The fourth-order valence-corrected chi connectivity index (χ4v) is 3.46. The smallest absolute Gasteiger partial charge is 0.0912 e. The zero-order valence-corrected chi connectivity index (χ0v) is 12.2. The van der Waals surface area contributed by atoms with Gasteiger partial charge in [-0.25, -0.2) is 0 Å². The van der Waals surface area contributed by atoms with Crippen molar-refractivity contribution in [3.63, 3.8) is 0 Å². The molecule has 1 N–H and O–H groups in total. The topological polar surface area (TPSA) is 39.6 Å². The minimum atomic E-state index is -0.522. The van der Waals surface area contributed by atoms with Crippen molar-refractivity contribution >= 4 is 0 Å². The molecular weight excluding hydrogens is 250 g/mol. The van der Waals surface area contributed by atoms with Gasteiger partial charge in [0.1, 0.15) is 0 Å². The highest BCUT2D eigenvalue weighted by molar-refractivity contribution is 5.04. The van der Waals surface area contributed by atoms with Gasteiger partial charge in [0.2, 0.25) is 0 Å². The summed E-state index contributed by atoms with van der Waals surface area (Å²) in [4.78, 5) is 9.14. The summed E-state index contributed by atoms with van der Waals surface area (Å²) in [6.45, 7) is 5.75. The van der Waals surface area contributed by atoms with E-state index in [1.165, 1.54) is 19.3 Å². The van der Waals surface area contributed by atoms with Crippen LogP contribution in [-0.4, -0.2) is 58.2 Å². The second-order valence-electron chi connectivity index (χ2n) is 6.34. The van der Waals surface area contributed by atoms with E-state index in [2.05, 4.69) is 20.9 Å². The molecule has 0 amide bonds. The third-order valence-corrected chi connectivity index (χ3v) is 4.49. The van der Waals surface area contributed by atoms with E-state index in [0.717, 1.165) is 51.4 Å². The van der Waals surface area contributed by atoms with Crippen molar-refractivity contribution in [2.45, 2.75) is 37.8 Å². The van der Waals surface area contributed by atoms with Crippen molar-refractivity contribution in [2.24, 2.45) is 0 Å². The van der Waals surface area contributed by atoms with Crippen LogP contribution < -0.4 is 0 Å². The Balaban J connectivity index is 1.52. The molecule has 2 fully saturated rings. The Bertz CT molecular complexity index is 419. The molecule has 1 aromatic rings. The second kappa shape index (κ2) is 6.20. The minimum Gasteiger partial charge on any atom is -0.387 e. The van der Waals surface area contributed by atoms with Crippen LogP contribution in [0.4, 0.5) is 0 Å². The molecule has 2 saturated heterocycles. The van der Waals surface area contributed by atoms with E-state index in [1.54, 1.807) is 0 Å². The summed E-state index contributed by atoms with van der Waals surface area (Å²) >= 11 is 0. The molecule has 1 unspecified atom stereocenters. The molecule has 0 radical (unpaired) electrons. The summed E-state index contributed by atoms with van der Waals surface area (Å²) in [5.41, 5.74) is 0.571. The van der Waals surface area contributed by atoms with Gasteiger partial charge in [0, 0.05) is 32.4 Å². The first-order chi connectivity index (χ1) is 9.73. The summed E-state index contributed by atoms with van der Waals surface area (Å²) in [7, 11) is 0. The van der Waals surface area contributed by atoms with Gasteiger partial charge in [0.25, 0.3) is 0 Å². The fraction of sp³-hybridized carbons (Fsp3) is 0.688. The van der Waals surface area contributed by atoms with Gasteiger partial charge in [-0.15, -0.1) is 0 Å². The molecule has 1 aromatic heterocycles. The molecule has 0 bridgehead atoms. The van der Waals surface area contributed by atoms with Crippen molar-refractivity contribution in [1.29, 1.82) is 0 Å². The van der Waals surface area contributed by atoms with E-state index in [1.807, 2.05) is 18.3 Å². The Morgan fingerprint density at radius 1 is 1.10 bits per heavy atom. The third kappa shape index (κ3) is 3.57. The van der Waals surface area contributed by atoms with Crippen LogP contribution >= 0.6 is 0 Å². The van der Waals surface area contributed by atoms with Crippen molar-refractivity contribution in [2.75, 3.05) is 32.7 Å². The lowest BCUT2D eigenvalue weighted by Gasteiger charge is -2.33. The van der Waals surface area contributed by atoms with E-state index in [-0.39, 0.29) is 0 Å². The molecule has 0 aliphatic carbocycles. The van der Waals surface area contributed by atoms with E-state index in [0.29, 0.717) is 0 Å². The van der Waals surface area contributed by atoms with Crippen molar-refractivity contribution < 1.29 is 5.11 Å². The molecule has 1 atom stereocenters. The van der Waals surface area contributed by atoms with Crippen LogP contribution in [0.2, 0.25) is 0 Å². The molecule has 110 valence electrons. The average molecular weight is 275 g/mol. The molecule has 4 nitrogen and oxygen atoms in total. The Labute approximate surface area is 121 Å². The normalized spacial score (nSPS) is 28.9. The van der Waals surface area contributed by atoms with Crippen LogP contribution in [0.1, 0.15) is 31.4 Å². The number of pyridine rings is 1. The van der Waals surface area contributed by atoms with Gasteiger partial charge in [0.05, 0.1) is 11.3 Å².